The van der Waals surface area contributed by atoms with Gasteiger partial charge in [-0.25, -0.2) is 0 Å². The highest BCUT2D eigenvalue weighted by Crippen LogP contribution is 2.07. The van der Waals surface area contributed by atoms with Crippen molar-refractivity contribution in [3.8, 4) is 0 Å². The molecule has 0 bridgehead atoms. The number of aryl methyl sites for hydroxylation is 2. The number of nitrogens with zero attached hydrogens (tertiary/aromatic N) is 2. The minimum Gasteiger partial charge on any atom is -0.396 e. The minimum absolute atomic E-state index is 0.793. The van der Waals surface area contributed by atoms with Gasteiger partial charge in [0.1, 0.15) is 0 Å². The largest absolute Gasteiger partial charge is 0.396 e. The van der Waals surface area contributed by atoms with Crippen LogP contribution in [0.15, 0.2) is 6.20 Å². The summed E-state index contributed by atoms with van der Waals surface area (Å²) < 4.78 is 1.91. The zero-order valence-electron chi connectivity index (χ0n) is 7.17. The summed E-state index contributed by atoms with van der Waals surface area (Å²) in [5.74, 6) is 0. The summed E-state index contributed by atoms with van der Waals surface area (Å²) in [6.07, 6.45) is 4.25. The first-order valence-corrected chi connectivity index (χ1v) is 4.03. The second-order valence-corrected chi connectivity index (χ2v) is 2.79. The zero-order valence-corrected chi connectivity index (χ0v) is 7.17. The van der Waals surface area contributed by atoms with Crippen LogP contribution < -0.4 is 5.73 Å². The van der Waals surface area contributed by atoms with E-state index in [1.54, 1.807) is 0 Å². The lowest BCUT2D eigenvalue weighted by Crippen LogP contribution is -1.97. The van der Waals surface area contributed by atoms with Crippen molar-refractivity contribution >= 4 is 5.69 Å². The number of rotatable bonds is 3. The van der Waals surface area contributed by atoms with Crippen LogP contribution in [0, 0.1) is 6.92 Å². The summed E-state index contributed by atoms with van der Waals surface area (Å²) >= 11 is 0. The Hall–Kier alpha value is -0.990. The highest BCUT2D eigenvalue weighted by Gasteiger charge is 1.98. The van der Waals surface area contributed by atoms with E-state index in [1.807, 2.05) is 17.8 Å². The van der Waals surface area contributed by atoms with Crippen LogP contribution >= 0.6 is 0 Å². The average Bonchev–Trinajstić information content (AvgIpc) is 2.28. The summed E-state index contributed by atoms with van der Waals surface area (Å²) in [6.45, 7) is 5.08. The molecule has 0 aliphatic rings. The van der Waals surface area contributed by atoms with Crippen LogP contribution in [0.2, 0.25) is 0 Å². The predicted octanol–water partition coefficient (Wildman–Crippen LogP) is 1.57. The second kappa shape index (κ2) is 3.42. The molecule has 3 nitrogen and oxygen atoms in total. The maximum absolute atomic E-state index is 5.63. The van der Waals surface area contributed by atoms with E-state index in [2.05, 4.69) is 12.0 Å². The third kappa shape index (κ3) is 1.97. The summed E-state index contributed by atoms with van der Waals surface area (Å²) in [5.41, 5.74) is 7.35. The Morgan fingerprint density at radius 3 is 2.82 bits per heavy atom. The maximum Gasteiger partial charge on any atom is 0.0822 e. The molecule has 0 saturated carbocycles. The Morgan fingerprint density at radius 1 is 1.64 bits per heavy atom. The Bertz CT molecular complexity index is 208. The van der Waals surface area contributed by atoms with Gasteiger partial charge in [-0.1, -0.05) is 13.3 Å². The van der Waals surface area contributed by atoms with Crippen LogP contribution in [0.3, 0.4) is 0 Å². The van der Waals surface area contributed by atoms with Gasteiger partial charge >= 0.3 is 0 Å². The topological polar surface area (TPSA) is 43.8 Å². The van der Waals surface area contributed by atoms with Gasteiger partial charge in [-0.15, -0.1) is 0 Å². The molecular weight excluding hydrogens is 138 g/mol. The number of aromatic nitrogens is 2. The highest BCUT2D eigenvalue weighted by molar-refractivity contribution is 5.39. The van der Waals surface area contributed by atoms with Gasteiger partial charge in [-0.05, 0) is 13.3 Å². The van der Waals surface area contributed by atoms with Crippen molar-refractivity contribution < 1.29 is 0 Å². The molecule has 0 unspecified atom stereocenters. The molecule has 0 radical (unpaired) electrons. The van der Waals surface area contributed by atoms with E-state index < -0.39 is 0 Å². The van der Waals surface area contributed by atoms with Gasteiger partial charge in [0, 0.05) is 12.7 Å². The molecular formula is C8H15N3. The van der Waals surface area contributed by atoms with Crippen LogP contribution in [0.5, 0.6) is 0 Å². The molecule has 0 spiro atoms. The normalized spacial score (nSPS) is 10.4. The number of unbranched alkanes of at least 4 members (excludes halogenated alkanes) is 1. The van der Waals surface area contributed by atoms with E-state index >= 15 is 0 Å². The molecule has 1 rings (SSSR count). The summed E-state index contributed by atoms with van der Waals surface area (Å²) in [7, 11) is 0. The molecule has 0 aromatic carbocycles. The third-order valence-corrected chi connectivity index (χ3v) is 1.73. The van der Waals surface area contributed by atoms with Crippen molar-refractivity contribution in [2.24, 2.45) is 0 Å². The fraction of sp³-hybridized carbons (Fsp3) is 0.625. The molecule has 1 heterocycles. The van der Waals surface area contributed by atoms with Crippen molar-refractivity contribution in [1.82, 2.24) is 9.78 Å². The molecule has 0 aliphatic heterocycles. The van der Waals surface area contributed by atoms with Crippen molar-refractivity contribution in [3.63, 3.8) is 0 Å². The van der Waals surface area contributed by atoms with Crippen LogP contribution in [-0.4, -0.2) is 9.78 Å². The van der Waals surface area contributed by atoms with Gasteiger partial charge in [0.2, 0.25) is 0 Å². The Balaban J connectivity index is 2.58. The van der Waals surface area contributed by atoms with E-state index in [1.165, 1.54) is 12.8 Å². The number of anilines is 1. The lowest BCUT2D eigenvalue weighted by molar-refractivity contribution is 0.568. The summed E-state index contributed by atoms with van der Waals surface area (Å²) in [6, 6.07) is 0. The maximum atomic E-state index is 5.63. The molecule has 11 heavy (non-hydrogen) atoms. The SMILES string of the molecule is CCCCn1cc(N)c(C)n1. The molecule has 0 fully saturated rings. The van der Waals surface area contributed by atoms with Gasteiger partial charge in [0.05, 0.1) is 11.4 Å². The minimum atomic E-state index is 0.793. The average molecular weight is 153 g/mol. The smallest absolute Gasteiger partial charge is 0.0822 e. The monoisotopic (exact) mass is 153 g/mol. The predicted molar refractivity (Wildman–Crippen MR) is 46.3 cm³/mol. The molecule has 3 heteroatoms. The summed E-state index contributed by atoms with van der Waals surface area (Å²) in [5, 5.41) is 4.24. The number of nitrogen functional groups attached to an aromatic ring is 1. The molecule has 0 amide bonds. The number of nitrogens with two attached hydrogens (primary N) is 1. The molecule has 2 N–H and O–H groups in total. The molecule has 0 atom stereocenters. The van der Waals surface area contributed by atoms with Gasteiger partial charge in [0.15, 0.2) is 0 Å². The van der Waals surface area contributed by atoms with Crippen molar-refractivity contribution in [2.75, 3.05) is 5.73 Å². The molecule has 0 saturated heterocycles. The highest BCUT2D eigenvalue weighted by atomic mass is 15.3. The fourth-order valence-electron chi connectivity index (χ4n) is 0.968. The van der Waals surface area contributed by atoms with Crippen molar-refractivity contribution in [3.05, 3.63) is 11.9 Å². The van der Waals surface area contributed by atoms with Crippen LogP contribution in [0.4, 0.5) is 5.69 Å². The van der Waals surface area contributed by atoms with Gasteiger partial charge in [0.25, 0.3) is 0 Å². The van der Waals surface area contributed by atoms with E-state index in [0.717, 1.165) is 17.9 Å². The van der Waals surface area contributed by atoms with Crippen LogP contribution in [0.1, 0.15) is 25.5 Å². The standard InChI is InChI=1S/C8H15N3/c1-3-4-5-11-6-8(9)7(2)10-11/h6H,3-5,9H2,1-2H3. The van der Waals surface area contributed by atoms with Crippen LogP contribution in [-0.2, 0) is 6.54 Å². The third-order valence-electron chi connectivity index (χ3n) is 1.73. The van der Waals surface area contributed by atoms with E-state index in [9.17, 15) is 0 Å². The Morgan fingerprint density at radius 2 is 2.36 bits per heavy atom. The zero-order chi connectivity index (χ0) is 8.27. The van der Waals surface area contributed by atoms with Gasteiger partial charge < -0.3 is 5.73 Å². The molecule has 1 aromatic heterocycles. The summed E-state index contributed by atoms with van der Waals surface area (Å²) in [4.78, 5) is 0. The van der Waals surface area contributed by atoms with E-state index in [-0.39, 0.29) is 0 Å². The fourth-order valence-corrected chi connectivity index (χ4v) is 0.968. The number of hydrogen-bond acceptors (Lipinski definition) is 2. The first kappa shape index (κ1) is 8.11. The van der Waals surface area contributed by atoms with Crippen molar-refractivity contribution in [1.29, 1.82) is 0 Å². The quantitative estimate of drug-likeness (QED) is 0.716. The van der Waals surface area contributed by atoms with Gasteiger partial charge in [-0.3, -0.25) is 4.68 Å². The molecule has 1 aromatic rings. The van der Waals surface area contributed by atoms with Gasteiger partial charge in [-0.2, -0.15) is 5.10 Å². The molecule has 0 aliphatic carbocycles. The first-order chi connectivity index (χ1) is 5.24. The Labute approximate surface area is 67.2 Å². The lowest BCUT2D eigenvalue weighted by atomic mass is 10.3. The van der Waals surface area contributed by atoms with Crippen LogP contribution in [0.25, 0.3) is 0 Å². The second-order valence-electron chi connectivity index (χ2n) is 2.79. The molecule has 62 valence electrons. The Kier molecular flexibility index (Phi) is 2.52. The lowest BCUT2D eigenvalue weighted by Gasteiger charge is -1.96. The van der Waals surface area contributed by atoms with E-state index in [4.69, 9.17) is 5.73 Å². The van der Waals surface area contributed by atoms with E-state index in [0.29, 0.717) is 0 Å². The van der Waals surface area contributed by atoms with Crippen molar-refractivity contribution in [2.45, 2.75) is 33.2 Å². The first-order valence-electron chi connectivity index (χ1n) is 4.03. The number of hydrogen-bond donors (Lipinski definition) is 1.